The van der Waals surface area contributed by atoms with Crippen molar-refractivity contribution in [2.24, 2.45) is 17.8 Å². The number of hydrogen-bond donors (Lipinski definition) is 2. The summed E-state index contributed by atoms with van der Waals surface area (Å²) in [6.07, 6.45) is 6.46. The number of piperidine rings is 1. The van der Waals surface area contributed by atoms with Crippen LogP contribution in [0.15, 0.2) is 28.6 Å². The van der Waals surface area contributed by atoms with Gasteiger partial charge in [-0.05, 0) is 56.1 Å². The van der Waals surface area contributed by atoms with Crippen molar-refractivity contribution in [3.8, 4) is 0 Å². The number of benzene rings is 1. The summed E-state index contributed by atoms with van der Waals surface area (Å²) in [7, 11) is 0. The first kappa shape index (κ1) is 18.4. The van der Waals surface area contributed by atoms with Crippen molar-refractivity contribution < 1.29 is 9.59 Å². The quantitative estimate of drug-likeness (QED) is 0.749. The van der Waals surface area contributed by atoms with E-state index in [1.165, 1.54) is 24.6 Å². The molecule has 2 N–H and O–H groups in total. The van der Waals surface area contributed by atoms with Gasteiger partial charge in [0.25, 0.3) is 0 Å². The molecule has 148 valence electrons. The van der Waals surface area contributed by atoms with Crippen LogP contribution in [0.3, 0.4) is 0 Å². The average Bonchev–Trinajstić information content (AvgIpc) is 3.33. The summed E-state index contributed by atoms with van der Waals surface area (Å²) in [4.78, 5) is 29.4. The number of aromatic nitrogens is 1. The smallest absolute Gasteiger partial charge is 0.230 e. The first-order chi connectivity index (χ1) is 13.7. The Morgan fingerprint density at radius 2 is 2.11 bits per heavy atom. The van der Waals surface area contributed by atoms with E-state index in [4.69, 9.17) is 0 Å². The number of carbonyl (C=O) groups is 2. The van der Waals surface area contributed by atoms with Crippen molar-refractivity contribution in [3.05, 3.63) is 24.3 Å². The molecular formula is C21H25N3O2S2. The van der Waals surface area contributed by atoms with Crippen molar-refractivity contribution in [3.63, 3.8) is 0 Å². The van der Waals surface area contributed by atoms with Gasteiger partial charge in [0.15, 0.2) is 4.34 Å². The lowest BCUT2D eigenvalue weighted by molar-refractivity contribution is -0.132. The molecule has 2 amide bonds. The normalized spacial score (nSPS) is 31.9. The van der Waals surface area contributed by atoms with E-state index < -0.39 is 0 Å². The molecule has 0 radical (unpaired) electrons. The standard InChI is InChI=1S/C21H25N3O2S2/c25-19(11-27-21-24-16-6-1-2-7-18(16)28-21)22-12-8-9-14-13-4-3-5-15(13)20(26)23-17(14)10-12/h1-2,6-7,12-15,17H,3-5,8-11H2,(H,22,25)(H,23,26). The van der Waals surface area contributed by atoms with Gasteiger partial charge < -0.3 is 10.6 Å². The Morgan fingerprint density at radius 1 is 1.21 bits per heavy atom. The number of rotatable bonds is 4. The van der Waals surface area contributed by atoms with Crippen molar-refractivity contribution in [1.29, 1.82) is 0 Å². The predicted molar refractivity (Wildman–Crippen MR) is 112 cm³/mol. The SMILES string of the molecule is O=C(CSc1nc2ccccc2s1)NC1CCC2C(C1)NC(=O)C1CCCC12. The third-order valence-electron chi connectivity index (χ3n) is 6.65. The van der Waals surface area contributed by atoms with Crippen molar-refractivity contribution in [1.82, 2.24) is 15.6 Å². The molecule has 0 bridgehead atoms. The van der Waals surface area contributed by atoms with Gasteiger partial charge >= 0.3 is 0 Å². The highest BCUT2D eigenvalue weighted by atomic mass is 32.2. The maximum absolute atomic E-state index is 12.5. The second-order valence-electron chi connectivity index (χ2n) is 8.29. The molecule has 2 aliphatic carbocycles. The molecule has 1 aromatic carbocycles. The van der Waals surface area contributed by atoms with E-state index in [2.05, 4.69) is 21.7 Å². The van der Waals surface area contributed by atoms with E-state index in [9.17, 15) is 9.59 Å². The molecule has 28 heavy (non-hydrogen) atoms. The lowest BCUT2D eigenvalue weighted by atomic mass is 9.68. The fraction of sp³-hybridized carbons (Fsp3) is 0.571. The largest absolute Gasteiger partial charge is 0.353 e. The second-order valence-corrected chi connectivity index (χ2v) is 10.5. The molecule has 5 rings (SSSR count). The van der Waals surface area contributed by atoms with Crippen LogP contribution < -0.4 is 10.6 Å². The van der Waals surface area contributed by atoms with Gasteiger partial charge in [0.05, 0.1) is 16.0 Å². The molecule has 1 aliphatic heterocycles. The highest BCUT2D eigenvalue weighted by Gasteiger charge is 2.48. The number of nitrogens with one attached hydrogen (secondary N) is 2. The molecule has 3 fully saturated rings. The number of nitrogens with zero attached hydrogens (tertiary/aromatic N) is 1. The Labute approximate surface area is 173 Å². The Morgan fingerprint density at radius 3 is 3.00 bits per heavy atom. The van der Waals surface area contributed by atoms with Crippen LogP contribution in [0.5, 0.6) is 0 Å². The molecule has 1 saturated heterocycles. The van der Waals surface area contributed by atoms with E-state index in [-0.39, 0.29) is 29.8 Å². The van der Waals surface area contributed by atoms with E-state index in [0.29, 0.717) is 17.6 Å². The van der Waals surface area contributed by atoms with Crippen LogP contribution in [-0.2, 0) is 9.59 Å². The lowest BCUT2D eigenvalue weighted by Crippen LogP contribution is -2.57. The third-order valence-corrected chi connectivity index (χ3v) is 8.83. The minimum atomic E-state index is 0.0635. The molecule has 0 spiro atoms. The summed E-state index contributed by atoms with van der Waals surface area (Å²) in [5.41, 5.74) is 0.993. The predicted octanol–water partition coefficient (Wildman–Crippen LogP) is 3.59. The zero-order valence-corrected chi connectivity index (χ0v) is 17.4. The number of para-hydroxylation sites is 1. The number of thiazole rings is 1. The fourth-order valence-electron chi connectivity index (χ4n) is 5.43. The Bertz CT molecular complexity index is 866. The molecule has 5 atom stereocenters. The topological polar surface area (TPSA) is 71.1 Å². The maximum atomic E-state index is 12.5. The van der Waals surface area contributed by atoms with Gasteiger partial charge in [-0.3, -0.25) is 9.59 Å². The van der Waals surface area contributed by atoms with Crippen LogP contribution in [0, 0.1) is 17.8 Å². The van der Waals surface area contributed by atoms with Gasteiger partial charge in [0.2, 0.25) is 11.8 Å². The van der Waals surface area contributed by atoms with Crippen molar-refractivity contribution in [2.75, 3.05) is 5.75 Å². The molecule has 7 heteroatoms. The summed E-state index contributed by atoms with van der Waals surface area (Å²) in [5, 5.41) is 6.46. The minimum Gasteiger partial charge on any atom is -0.353 e. The molecule has 2 heterocycles. The number of carbonyl (C=O) groups excluding carboxylic acids is 2. The maximum Gasteiger partial charge on any atom is 0.230 e. The van der Waals surface area contributed by atoms with Crippen molar-refractivity contribution in [2.45, 2.75) is 54.9 Å². The molecular weight excluding hydrogens is 390 g/mol. The summed E-state index contributed by atoms with van der Waals surface area (Å²) in [5.74, 6) is 2.13. The highest BCUT2D eigenvalue weighted by Crippen LogP contribution is 2.46. The van der Waals surface area contributed by atoms with Crippen LogP contribution in [0.25, 0.3) is 10.2 Å². The first-order valence-electron chi connectivity index (χ1n) is 10.3. The van der Waals surface area contributed by atoms with Crippen LogP contribution >= 0.6 is 23.1 Å². The van der Waals surface area contributed by atoms with E-state index >= 15 is 0 Å². The molecule has 5 nitrogen and oxygen atoms in total. The van der Waals surface area contributed by atoms with Crippen LogP contribution in [0.2, 0.25) is 0 Å². The second kappa shape index (κ2) is 7.67. The number of hydrogen-bond acceptors (Lipinski definition) is 5. The van der Waals surface area contributed by atoms with Crippen LogP contribution in [0.1, 0.15) is 38.5 Å². The minimum absolute atomic E-state index is 0.0635. The molecule has 1 aromatic heterocycles. The zero-order chi connectivity index (χ0) is 19.1. The lowest BCUT2D eigenvalue weighted by Gasteiger charge is -2.45. The fourth-order valence-corrected chi connectivity index (χ4v) is 7.31. The summed E-state index contributed by atoms with van der Waals surface area (Å²) < 4.78 is 2.09. The van der Waals surface area contributed by atoms with E-state index in [1.807, 2.05) is 18.2 Å². The number of thioether (sulfide) groups is 1. The van der Waals surface area contributed by atoms with Gasteiger partial charge in [0.1, 0.15) is 0 Å². The molecule has 5 unspecified atom stereocenters. The van der Waals surface area contributed by atoms with Gasteiger partial charge in [-0.2, -0.15) is 0 Å². The summed E-state index contributed by atoms with van der Waals surface area (Å²) in [6, 6.07) is 8.46. The van der Waals surface area contributed by atoms with Gasteiger partial charge in [-0.25, -0.2) is 4.98 Å². The zero-order valence-electron chi connectivity index (χ0n) is 15.7. The van der Waals surface area contributed by atoms with Gasteiger partial charge in [0, 0.05) is 18.0 Å². The Balaban J connectivity index is 1.15. The highest BCUT2D eigenvalue weighted by molar-refractivity contribution is 8.01. The van der Waals surface area contributed by atoms with Gasteiger partial charge in [-0.1, -0.05) is 30.3 Å². The van der Waals surface area contributed by atoms with Gasteiger partial charge in [-0.15, -0.1) is 11.3 Å². The van der Waals surface area contributed by atoms with E-state index in [1.54, 1.807) is 11.3 Å². The number of amides is 2. The molecule has 2 aromatic rings. The Hall–Kier alpha value is -1.60. The average molecular weight is 416 g/mol. The third kappa shape index (κ3) is 3.54. The number of fused-ring (bicyclic) bond motifs is 4. The van der Waals surface area contributed by atoms with Crippen LogP contribution in [0.4, 0.5) is 0 Å². The van der Waals surface area contributed by atoms with Crippen LogP contribution in [-0.4, -0.2) is 34.6 Å². The first-order valence-corrected chi connectivity index (χ1v) is 12.1. The summed E-state index contributed by atoms with van der Waals surface area (Å²) in [6.45, 7) is 0. The summed E-state index contributed by atoms with van der Waals surface area (Å²) >= 11 is 3.14. The monoisotopic (exact) mass is 415 g/mol. The van der Waals surface area contributed by atoms with E-state index in [0.717, 1.165) is 40.2 Å². The van der Waals surface area contributed by atoms with Crippen molar-refractivity contribution >= 4 is 45.1 Å². The molecule has 3 aliphatic rings. The Kier molecular flexibility index (Phi) is 5.05. The molecule has 2 saturated carbocycles.